The van der Waals surface area contributed by atoms with Gasteiger partial charge in [-0.05, 0) is 89.1 Å². The van der Waals surface area contributed by atoms with Crippen LogP contribution >= 0.6 is 0 Å². The topological polar surface area (TPSA) is 87.0 Å². The van der Waals surface area contributed by atoms with Crippen LogP contribution in [0, 0.1) is 5.92 Å². The summed E-state index contributed by atoms with van der Waals surface area (Å²) in [6.07, 6.45) is 12.8. The Kier molecular flexibility index (Phi) is 9.86. The van der Waals surface area contributed by atoms with Crippen LogP contribution in [-0.2, 0) is 6.42 Å². The molecule has 0 aliphatic heterocycles. The Morgan fingerprint density at radius 3 is 2.28 bits per heavy atom. The molecule has 0 radical (unpaired) electrons. The van der Waals surface area contributed by atoms with Crippen molar-refractivity contribution in [2.24, 2.45) is 5.92 Å². The zero-order valence-electron chi connectivity index (χ0n) is 22.1. The molecular weight excluding hydrogens is 452 g/mol. The lowest BCUT2D eigenvalue weighted by Gasteiger charge is -2.36. The summed E-state index contributed by atoms with van der Waals surface area (Å²) < 4.78 is 6.35. The quantitative estimate of drug-likeness (QED) is 0.150. The minimum atomic E-state index is -0.341. The first-order valence-electron chi connectivity index (χ1n) is 13.4. The zero-order chi connectivity index (χ0) is 26.1. The van der Waals surface area contributed by atoms with E-state index in [0.29, 0.717) is 18.1 Å². The van der Waals surface area contributed by atoms with Crippen molar-refractivity contribution in [2.75, 3.05) is 0 Å². The zero-order valence-corrected chi connectivity index (χ0v) is 22.1. The fourth-order valence-corrected chi connectivity index (χ4v) is 5.02. The third-order valence-corrected chi connectivity index (χ3v) is 7.44. The molecule has 3 N–H and O–H groups in total. The van der Waals surface area contributed by atoms with Crippen molar-refractivity contribution in [3.8, 4) is 23.0 Å². The number of carbonyl (C=O) groups is 1. The van der Waals surface area contributed by atoms with Crippen molar-refractivity contribution in [1.29, 1.82) is 0 Å². The predicted molar refractivity (Wildman–Crippen MR) is 144 cm³/mol. The number of phenols is 3. The standard InChI is InChI=1S/C31H42O5/c1-22-15-18-24(19-16-22)31(2,3)36-29-21-23(17-20-25(29)32)11-8-6-4-5-7-9-12-26(33)30-27(34)13-10-14-28(30)35/h10,13-15,17,20-21,24,32,34-35H,4-9,11-12,16,18-19H2,1-3H3. The van der Waals surface area contributed by atoms with Crippen molar-refractivity contribution >= 4 is 5.78 Å². The highest BCUT2D eigenvalue weighted by Gasteiger charge is 2.33. The van der Waals surface area contributed by atoms with E-state index in [-0.39, 0.29) is 34.2 Å². The minimum Gasteiger partial charge on any atom is -0.507 e. The Hall–Kier alpha value is -2.95. The van der Waals surface area contributed by atoms with Gasteiger partial charge in [-0.15, -0.1) is 0 Å². The Morgan fingerprint density at radius 2 is 1.61 bits per heavy atom. The fraction of sp³-hybridized carbons (Fsp3) is 0.516. The smallest absolute Gasteiger partial charge is 0.170 e. The summed E-state index contributed by atoms with van der Waals surface area (Å²) >= 11 is 0. The average molecular weight is 495 g/mol. The number of aromatic hydroxyl groups is 3. The molecule has 3 rings (SSSR count). The molecule has 1 unspecified atom stereocenters. The number of rotatable bonds is 13. The van der Waals surface area contributed by atoms with E-state index in [0.717, 1.165) is 64.2 Å². The summed E-state index contributed by atoms with van der Waals surface area (Å²) in [5, 5.41) is 30.0. The predicted octanol–water partition coefficient (Wildman–Crippen LogP) is 7.86. The van der Waals surface area contributed by atoms with Gasteiger partial charge in [0.25, 0.3) is 0 Å². The Bertz CT molecular complexity index is 1030. The molecule has 0 spiro atoms. The van der Waals surface area contributed by atoms with Gasteiger partial charge in [-0.25, -0.2) is 0 Å². The molecule has 2 aromatic carbocycles. The molecule has 0 aromatic heterocycles. The van der Waals surface area contributed by atoms with Crippen LogP contribution in [0.3, 0.4) is 0 Å². The van der Waals surface area contributed by atoms with E-state index in [4.69, 9.17) is 4.74 Å². The molecule has 2 aromatic rings. The van der Waals surface area contributed by atoms with Crippen LogP contribution in [0.4, 0.5) is 0 Å². The van der Waals surface area contributed by atoms with E-state index in [2.05, 4.69) is 26.8 Å². The normalized spacial score (nSPS) is 16.0. The largest absolute Gasteiger partial charge is 0.507 e. The number of aryl methyl sites for hydroxylation is 1. The summed E-state index contributed by atoms with van der Waals surface area (Å²) in [7, 11) is 0. The number of hydrogen-bond acceptors (Lipinski definition) is 5. The van der Waals surface area contributed by atoms with Crippen molar-refractivity contribution in [2.45, 2.75) is 97.0 Å². The third-order valence-electron chi connectivity index (χ3n) is 7.44. The highest BCUT2D eigenvalue weighted by atomic mass is 16.5. The monoisotopic (exact) mass is 494 g/mol. The van der Waals surface area contributed by atoms with Crippen molar-refractivity contribution in [3.63, 3.8) is 0 Å². The van der Waals surface area contributed by atoms with Crippen molar-refractivity contribution < 1.29 is 24.9 Å². The van der Waals surface area contributed by atoms with Gasteiger partial charge in [0.2, 0.25) is 0 Å². The number of carbonyl (C=O) groups excluding carboxylic acids is 1. The summed E-state index contributed by atoms with van der Waals surface area (Å²) in [5.41, 5.74) is 2.31. The average Bonchev–Trinajstić information content (AvgIpc) is 2.82. The summed E-state index contributed by atoms with van der Waals surface area (Å²) in [6, 6.07) is 10.1. The Labute approximate surface area is 215 Å². The SMILES string of the molecule is CC1=CCC(C(C)(C)Oc2cc(CCCCCCCCC(=O)c3c(O)cccc3O)ccc2O)CC1. The van der Waals surface area contributed by atoms with Gasteiger partial charge in [-0.2, -0.15) is 0 Å². The molecule has 0 saturated heterocycles. The van der Waals surface area contributed by atoms with E-state index in [9.17, 15) is 20.1 Å². The number of unbranched alkanes of at least 4 members (excludes halogenated alkanes) is 5. The Balaban J connectivity index is 1.36. The van der Waals surface area contributed by atoms with Crippen molar-refractivity contribution in [3.05, 3.63) is 59.2 Å². The van der Waals surface area contributed by atoms with Crippen LogP contribution < -0.4 is 4.74 Å². The molecule has 5 nitrogen and oxygen atoms in total. The summed E-state index contributed by atoms with van der Waals surface area (Å²) in [4.78, 5) is 12.3. The second kappa shape index (κ2) is 12.8. The lowest BCUT2D eigenvalue weighted by Crippen LogP contribution is -2.38. The van der Waals surface area contributed by atoms with Crippen LogP contribution in [0.1, 0.15) is 101 Å². The summed E-state index contributed by atoms with van der Waals surface area (Å²) in [6.45, 7) is 6.43. The van der Waals surface area contributed by atoms with Crippen LogP contribution in [-0.4, -0.2) is 26.7 Å². The van der Waals surface area contributed by atoms with Gasteiger partial charge in [0.05, 0.1) is 0 Å². The van der Waals surface area contributed by atoms with Gasteiger partial charge in [0.1, 0.15) is 22.7 Å². The number of ether oxygens (including phenoxy) is 1. The highest BCUT2D eigenvalue weighted by molar-refractivity contribution is 6.01. The molecule has 196 valence electrons. The molecule has 0 bridgehead atoms. The molecular formula is C31H42O5. The van der Waals surface area contributed by atoms with E-state index >= 15 is 0 Å². The van der Waals surface area contributed by atoms with Crippen LogP contribution in [0.2, 0.25) is 0 Å². The number of allylic oxidation sites excluding steroid dienone is 2. The minimum absolute atomic E-state index is 0.0313. The number of ketones is 1. The molecule has 0 amide bonds. The third kappa shape index (κ3) is 7.78. The number of benzene rings is 2. The highest BCUT2D eigenvalue weighted by Crippen LogP contribution is 2.38. The molecule has 36 heavy (non-hydrogen) atoms. The maximum Gasteiger partial charge on any atom is 0.170 e. The van der Waals surface area contributed by atoms with Crippen LogP contribution in [0.5, 0.6) is 23.0 Å². The molecule has 1 aliphatic rings. The molecule has 5 heteroatoms. The van der Waals surface area contributed by atoms with E-state index in [1.807, 2.05) is 12.1 Å². The summed E-state index contributed by atoms with van der Waals surface area (Å²) in [5.74, 6) is 0.669. The Morgan fingerprint density at radius 1 is 0.944 bits per heavy atom. The first kappa shape index (κ1) is 27.6. The van der Waals surface area contributed by atoms with Crippen molar-refractivity contribution in [1.82, 2.24) is 0 Å². The molecule has 1 aliphatic carbocycles. The van der Waals surface area contributed by atoms with E-state index in [1.54, 1.807) is 6.07 Å². The molecule has 1 atom stereocenters. The van der Waals surface area contributed by atoms with Gasteiger partial charge >= 0.3 is 0 Å². The van der Waals surface area contributed by atoms with Gasteiger partial charge in [-0.3, -0.25) is 4.79 Å². The number of Topliss-reactive ketones (excluding diaryl/α,β-unsaturated/α-hetero) is 1. The van der Waals surface area contributed by atoms with Gasteiger partial charge in [0.15, 0.2) is 17.3 Å². The lowest BCUT2D eigenvalue weighted by molar-refractivity contribution is 0.0358. The molecule has 0 fully saturated rings. The second-order valence-electron chi connectivity index (χ2n) is 10.7. The van der Waals surface area contributed by atoms with Gasteiger partial charge in [-0.1, -0.05) is 49.5 Å². The number of hydrogen-bond donors (Lipinski definition) is 3. The van der Waals surface area contributed by atoms with E-state index < -0.39 is 0 Å². The lowest BCUT2D eigenvalue weighted by atomic mass is 9.79. The fourth-order valence-electron chi connectivity index (χ4n) is 5.02. The molecule has 0 heterocycles. The van der Waals surface area contributed by atoms with E-state index in [1.165, 1.54) is 29.3 Å². The van der Waals surface area contributed by atoms with Gasteiger partial charge in [0, 0.05) is 12.3 Å². The maximum absolute atomic E-state index is 12.3. The maximum atomic E-state index is 12.3. The van der Waals surface area contributed by atoms with Gasteiger partial charge < -0.3 is 20.1 Å². The first-order valence-corrected chi connectivity index (χ1v) is 13.4. The first-order chi connectivity index (χ1) is 17.2. The van der Waals surface area contributed by atoms with Crippen LogP contribution in [0.25, 0.3) is 0 Å². The number of phenolic OH excluding ortho intramolecular Hbond substituents is 3. The molecule has 0 saturated carbocycles. The van der Waals surface area contributed by atoms with Crippen LogP contribution in [0.15, 0.2) is 48.0 Å². The second-order valence-corrected chi connectivity index (χ2v) is 10.7.